The average Bonchev–Trinajstić information content (AvgIpc) is 2.46. The van der Waals surface area contributed by atoms with Crippen molar-refractivity contribution in [2.45, 2.75) is 13.3 Å². The Kier molecular flexibility index (Phi) is 3.94. The average molecular weight is 271 g/mol. The highest BCUT2D eigenvalue weighted by atomic mass is 16.3. The van der Waals surface area contributed by atoms with Gasteiger partial charge in [-0.3, -0.25) is 4.79 Å². The highest BCUT2D eigenvalue weighted by Gasteiger charge is 2.20. The van der Waals surface area contributed by atoms with Crippen molar-refractivity contribution in [3.8, 4) is 11.5 Å². The maximum atomic E-state index is 12.3. The number of benzene rings is 2. The van der Waals surface area contributed by atoms with E-state index in [4.69, 9.17) is 0 Å². The van der Waals surface area contributed by atoms with Gasteiger partial charge in [0.25, 0.3) is 5.91 Å². The number of carbonyl (C=O) groups excluding carboxylic acids is 1. The molecule has 0 aromatic heterocycles. The molecule has 20 heavy (non-hydrogen) atoms. The summed E-state index contributed by atoms with van der Waals surface area (Å²) in [5.74, 6) is -0.913. The molecule has 0 unspecified atom stereocenters. The van der Waals surface area contributed by atoms with Crippen LogP contribution in [0.1, 0.15) is 22.8 Å². The van der Waals surface area contributed by atoms with Crippen molar-refractivity contribution in [1.29, 1.82) is 0 Å². The van der Waals surface area contributed by atoms with E-state index < -0.39 is 5.91 Å². The third-order valence-electron chi connectivity index (χ3n) is 3.27. The number of aryl methyl sites for hydroxylation is 1. The number of aromatic hydroxyl groups is 2. The Labute approximate surface area is 117 Å². The van der Waals surface area contributed by atoms with Gasteiger partial charge in [0.1, 0.15) is 17.1 Å². The van der Waals surface area contributed by atoms with Gasteiger partial charge in [0.05, 0.1) is 0 Å². The molecule has 104 valence electrons. The van der Waals surface area contributed by atoms with Gasteiger partial charge in [-0.2, -0.15) is 0 Å². The van der Waals surface area contributed by atoms with Crippen molar-refractivity contribution in [3.63, 3.8) is 0 Å². The van der Waals surface area contributed by atoms with Crippen LogP contribution in [0, 0.1) is 0 Å². The van der Waals surface area contributed by atoms with Crippen LogP contribution < -0.4 is 4.90 Å². The maximum Gasteiger partial charge on any atom is 0.265 e. The Hall–Kier alpha value is -2.49. The van der Waals surface area contributed by atoms with Gasteiger partial charge in [0.2, 0.25) is 0 Å². The lowest BCUT2D eigenvalue weighted by atomic mass is 10.1. The van der Waals surface area contributed by atoms with Crippen molar-refractivity contribution in [2.24, 2.45) is 0 Å². The van der Waals surface area contributed by atoms with Crippen molar-refractivity contribution in [3.05, 3.63) is 53.6 Å². The fourth-order valence-corrected chi connectivity index (χ4v) is 1.99. The third kappa shape index (κ3) is 2.59. The van der Waals surface area contributed by atoms with Gasteiger partial charge >= 0.3 is 0 Å². The van der Waals surface area contributed by atoms with Gasteiger partial charge in [-0.1, -0.05) is 25.1 Å². The first-order valence-electron chi connectivity index (χ1n) is 6.42. The lowest BCUT2D eigenvalue weighted by Crippen LogP contribution is -2.26. The van der Waals surface area contributed by atoms with Crippen LogP contribution in [-0.4, -0.2) is 23.2 Å². The molecule has 0 bridgehead atoms. The molecule has 0 saturated carbocycles. The Morgan fingerprint density at radius 2 is 1.60 bits per heavy atom. The number of phenolic OH excluding ortho intramolecular Hbond substituents is 2. The molecule has 4 heteroatoms. The van der Waals surface area contributed by atoms with Crippen LogP contribution in [0.15, 0.2) is 42.5 Å². The topological polar surface area (TPSA) is 60.8 Å². The predicted molar refractivity (Wildman–Crippen MR) is 78.3 cm³/mol. The summed E-state index contributed by atoms with van der Waals surface area (Å²) in [5.41, 5.74) is 1.80. The van der Waals surface area contributed by atoms with Crippen molar-refractivity contribution in [2.75, 3.05) is 11.9 Å². The number of hydrogen-bond acceptors (Lipinski definition) is 3. The molecule has 2 rings (SSSR count). The first-order valence-corrected chi connectivity index (χ1v) is 6.42. The quantitative estimate of drug-likeness (QED) is 0.902. The smallest absolute Gasteiger partial charge is 0.265 e. The van der Waals surface area contributed by atoms with E-state index in [0.717, 1.165) is 6.42 Å². The molecule has 0 heterocycles. The maximum absolute atomic E-state index is 12.3. The van der Waals surface area contributed by atoms with Crippen LogP contribution in [0.2, 0.25) is 0 Å². The van der Waals surface area contributed by atoms with E-state index in [1.807, 2.05) is 24.3 Å². The molecule has 2 aromatic rings. The summed E-state index contributed by atoms with van der Waals surface area (Å²) in [6.45, 7) is 2.06. The van der Waals surface area contributed by atoms with Crippen molar-refractivity contribution in [1.82, 2.24) is 0 Å². The Balaban J connectivity index is 2.32. The second-order valence-corrected chi connectivity index (χ2v) is 4.56. The van der Waals surface area contributed by atoms with E-state index in [-0.39, 0.29) is 17.1 Å². The monoisotopic (exact) mass is 271 g/mol. The van der Waals surface area contributed by atoms with E-state index in [9.17, 15) is 15.0 Å². The summed E-state index contributed by atoms with van der Waals surface area (Å²) < 4.78 is 0. The second kappa shape index (κ2) is 5.65. The molecular weight excluding hydrogens is 254 g/mol. The van der Waals surface area contributed by atoms with E-state index in [0.29, 0.717) is 5.69 Å². The normalized spacial score (nSPS) is 10.3. The van der Waals surface area contributed by atoms with Crippen molar-refractivity contribution >= 4 is 11.6 Å². The summed E-state index contributed by atoms with van der Waals surface area (Å²) in [4.78, 5) is 13.7. The number of carbonyl (C=O) groups is 1. The molecule has 0 fully saturated rings. The minimum atomic E-state index is -0.454. The van der Waals surface area contributed by atoms with Crippen LogP contribution in [0.4, 0.5) is 5.69 Å². The lowest BCUT2D eigenvalue weighted by Gasteiger charge is -2.19. The largest absolute Gasteiger partial charge is 0.507 e. The standard InChI is InChI=1S/C16H17NO3/c1-3-11-7-9-12(10-8-11)17(2)16(20)15-13(18)5-4-6-14(15)19/h4-10,18-19H,3H2,1-2H3. The van der Waals surface area contributed by atoms with Crippen molar-refractivity contribution < 1.29 is 15.0 Å². The fourth-order valence-electron chi connectivity index (χ4n) is 1.99. The number of amides is 1. The molecule has 2 N–H and O–H groups in total. The molecule has 0 spiro atoms. The summed E-state index contributed by atoms with van der Waals surface area (Å²) in [6, 6.07) is 11.8. The summed E-state index contributed by atoms with van der Waals surface area (Å²) in [7, 11) is 1.61. The number of rotatable bonds is 3. The lowest BCUT2D eigenvalue weighted by molar-refractivity contribution is 0.0987. The zero-order chi connectivity index (χ0) is 14.7. The molecule has 2 aromatic carbocycles. The third-order valence-corrected chi connectivity index (χ3v) is 3.27. The summed E-state index contributed by atoms with van der Waals surface area (Å²) in [6.07, 6.45) is 0.929. The molecule has 0 aliphatic carbocycles. The van der Waals surface area contributed by atoms with Crippen LogP contribution in [0.3, 0.4) is 0 Å². The Bertz CT molecular complexity index is 600. The van der Waals surface area contributed by atoms with E-state index >= 15 is 0 Å². The Morgan fingerprint density at radius 1 is 1.05 bits per heavy atom. The van der Waals surface area contributed by atoms with Gasteiger partial charge in [0.15, 0.2) is 0 Å². The van der Waals surface area contributed by atoms with Crippen LogP contribution in [0.25, 0.3) is 0 Å². The van der Waals surface area contributed by atoms with Gasteiger partial charge in [-0.15, -0.1) is 0 Å². The van der Waals surface area contributed by atoms with Crippen LogP contribution >= 0.6 is 0 Å². The minimum Gasteiger partial charge on any atom is -0.507 e. The number of phenols is 2. The molecule has 0 atom stereocenters. The van der Waals surface area contributed by atoms with E-state index in [1.54, 1.807) is 7.05 Å². The number of anilines is 1. The predicted octanol–water partition coefficient (Wildman–Crippen LogP) is 2.94. The highest BCUT2D eigenvalue weighted by Crippen LogP contribution is 2.29. The van der Waals surface area contributed by atoms with Crippen LogP contribution in [0.5, 0.6) is 11.5 Å². The van der Waals surface area contributed by atoms with Gasteiger partial charge in [-0.05, 0) is 36.2 Å². The molecule has 0 aliphatic heterocycles. The van der Waals surface area contributed by atoms with Gasteiger partial charge in [0, 0.05) is 12.7 Å². The number of nitrogens with zero attached hydrogens (tertiary/aromatic N) is 1. The zero-order valence-corrected chi connectivity index (χ0v) is 11.5. The SMILES string of the molecule is CCc1ccc(N(C)C(=O)c2c(O)cccc2O)cc1. The minimum absolute atomic E-state index is 0.0884. The first kappa shape index (κ1) is 13.9. The zero-order valence-electron chi connectivity index (χ0n) is 11.5. The fraction of sp³-hybridized carbons (Fsp3) is 0.188. The number of hydrogen-bond donors (Lipinski definition) is 2. The molecule has 0 radical (unpaired) electrons. The van der Waals surface area contributed by atoms with E-state index in [1.165, 1.54) is 28.7 Å². The molecule has 0 aliphatic rings. The second-order valence-electron chi connectivity index (χ2n) is 4.56. The Morgan fingerprint density at radius 3 is 2.10 bits per heavy atom. The van der Waals surface area contributed by atoms with Gasteiger partial charge < -0.3 is 15.1 Å². The highest BCUT2D eigenvalue weighted by molar-refractivity contribution is 6.09. The first-order chi connectivity index (χ1) is 9.54. The summed E-state index contributed by atoms with van der Waals surface area (Å²) >= 11 is 0. The van der Waals surface area contributed by atoms with Crippen LogP contribution in [-0.2, 0) is 6.42 Å². The molecule has 4 nitrogen and oxygen atoms in total. The van der Waals surface area contributed by atoms with E-state index in [2.05, 4.69) is 6.92 Å². The molecule has 0 saturated heterocycles. The molecular formula is C16H17NO3. The molecule has 1 amide bonds. The summed E-state index contributed by atoms with van der Waals surface area (Å²) in [5, 5.41) is 19.5. The van der Waals surface area contributed by atoms with Gasteiger partial charge in [-0.25, -0.2) is 0 Å².